The summed E-state index contributed by atoms with van der Waals surface area (Å²) < 4.78 is 27.3. The zero-order valence-corrected chi connectivity index (χ0v) is 13.6. The number of hydrogen-bond acceptors (Lipinski definition) is 5. The van der Waals surface area contributed by atoms with Crippen molar-refractivity contribution in [1.82, 2.24) is 14.8 Å². The van der Waals surface area contributed by atoms with E-state index in [2.05, 4.69) is 10.1 Å². The van der Waals surface area contributed by atoms with Gasteiger partial charge in [0.1, 0.15) is 24.1 Å². The van der Waals surface area contributed by atoms with E-state index < -0.39 is 17.5 Å². The molecule has 3 atom stereocenters. The Bertz CT molecular complexity index is 646. The highest BCUT2D eigenvalue weighted by atomic mass is 19.1. The maximum atomic E-state index is 14.4. The Kier molecular flexibility index (Phi) is 5.23. The van der Waals surface area contributed by atoms with Gasteiger partial charge in [0.15, 0.2) is 6.29 Å². The maximum absolute atomic E-state index is 14.4. The lowest BCUT2D eigenvalue weighted by Crippen LogP contribution is -2.46. The number of aromatic nitrogens is 3. The summed E-state index contributed by atoms with van der Waals surface area (Å²) in [7, 11) is 0. The summed E-state index contributed by atoms with van der Waals surface area (Å²) in [6.07, 6.45) is 4.56. The van der Waals surface area contributed by atoms with Crippen LogP contribution in [-0.2, 0) is 21.6 Å². The molecule has 6 nitrogen and oxygen atoms in total. The van der Waals surface area contributed by atoms with Crippen molar-refractivity contribution < 1.29 is 19.0 Å². The van der Waals surface area contributed by atoms with Crippen LogP contribution in [0.25, 0.3) is 0 Å². The number of nitrogens with zero attached hydrogens (tertiary/aromatic N) is 3. The molecule has 1 aromatic heterocycles. The molecule has 0 amide bonds. The minimum Gasteiger partial charge on any atom is -0.380 e. The van der Waals surface area contributed by atoms with Crippen molar-refractivity contribution in [3.63, 3.8) is 0 Å². The van der Waals surface area contributed by atoms with Crippen LogP contribution in [0.5, 0.6) is 0 Å². The molecule has 1 unspecified atom stereocenters. The third-order valence-electron chi connectivity index (χ3n) is 4.38. The van der Waals surface area contributed by atoms with Gasteiger partial charge in [-0.2, -0.15) is 5.10 Å². The van der Waals surface area contributed by atoms with E-state index in [0.717, 1.165) is 19.3 Å². The Morgan fingerprint density at radius 2 is 2.29 bits per heavy atom. The summed E-state index contributed by atoms with van der Waals surface area (Å²) in [5.41, 5.74) is -1.43. The van der Waals surface area contributed by atoms with Crippen LogP contribution in [0.1, 0.15) is 31.7 Å². The van der Waals surface area contributed by atoms with E-state index in [1.54, 1.807) is 25.1 Å². The van der Waals surface area contributed by atoms with Gasteiger partial charge in [0.05, 0.1) is 12.6 Å². The van der Waals surface area contributed by atoms with E-state index in [0.29, 0.717) is 6.61 Å². The summed E-state index contributed by atoms with van der Waals surface area (Å²) in [6.45, 7) is 2.39. The molecule has 1 aliphatic rings. The fourth-order valence-electron chi connectivity index (χ4n) is 2.97. The summed E-state index contributed by atoms with van der Waals surface area (Å²) in [5.74, 6) is -0.486. The van der Waals surface area contributed by atoms with Crippen molar-refractivity contribution in [2.75, 3.05) is 6.61 Å². The van der Waals surface area contributed by atoms with Crippen LogP contribution in [0.3, 0.4) is 0 Å². The van der Waals surface area contributed by atoms with Gasteiger partial charge in [-0.25, -0.2) is 14.1 Å². The molecular weight excluding hydrogens is 313 g/mol. The van der Waals surface area contributed by atoms with Crippen LogP contribution in [0.2, 0.25) is 0 Å². The predicted molar refractivity (Wildman–Crippen MR) is 84.5 cm³/mol. The first-order chi connectivity index (χ1) is 11.6. The Morgan fingerprint density at radius 3 is 2.96 bits per heavy atom. The highest BCUT2D eigenvalue weighted by Crippen LogP contribution is 2.32. The van der Waals surface area contributed by atoms with Crippen LogP contribution < -0.4 is 0 Å². The first-order valence-corrected chi connectivity index (χ1v) is 8.16. The van der Waals surface area contributed by atoms with Crippen molar-refractivity contribution in [3.8, 4) is 0 Å². The van der Waals surface area contributed by atoms with Gasteiger partial charge in [0.2, 0.25) is 0 Å². The Morgan fingerprint density at radius 1 is 1.46 bits per heavy atom. The van der Waals surface area contributed by atoms with Gasteiger partial charge in [0.25, 0.3) is 0 Å². The van der Waals surface area contributed by atoms with Gasteiger partial charge >= 0.3 is 0 Å². The quantitative estimate of drug-likeness (QED) is 0.877. The van der Waals surface area contributed by atoms with E-state index in [-0.39, 0.29) is 18.4 Å². The second-order valence-electron chi connectivity index (χ2n) is 6.07. The molecule has 1 N–H and O–H groups in total. The predicted octanol–water partition coefficient (Wildman–Crippen LogP) is 2.24. The molecule has 1 aliphatic heterocycles. The lowest BCUT2D eigenvalue weighted by molar-refractivity contribution is -0.229. The smallest absolute Gasteiger partial charge is 0.158 e. The molecule has 2 aromatic rings. The van der Waals surface area contributed by atoms with Gasteiger partial charge in [0, 0.05) is 12.2 Å². The van der Waals surface area contributed by atoms with E-state index in [1.807, 2.05) is 0 Å². The molecule has 0 aliphatic carbocycles. The topological polar surface area (TPSA) is 69.4 Å². The standard InChI is InChI=1S/C17H22FN3O3/c1-13(24-16-8-4-5-9-23-16)17(22,10-21-12-19-11-20-21)14-6-2-3-7-15(14)18/h2-3,6-7,11-13,16,22H,4-5,8-10H2,1H3/t13-,16?,17-/m1/s1. The third-order valence-corrected chi connectivity index (χ3v) is 4.38. The molecule has 1 aromatic carbocycles. The number of halogens is 1. The van der Waals surface area contributed by atoms with Crippen LogP contribution in [0, 0.1) is 5.82 Å². The molecule has 24 heavy (non-hydrogen) atoms. The molecule has 0 spiro atoms. The number of benzene rings is 1. The zero-order valence-electron chi connectivity index (χ0n) is 13.6. The second kappa shape index (κ2) is 7.38. The van der Waals surface area contributed by atoms with E-state index >= 15 is 0 Å². The summed E-state index contributed by atoms with van der Waals surface area (Å²) in [4.78, 5) is 3.88. The Hall–Kier alpha value is -1.83. The first kappa shape index (κ1) is 17.0. The van der Waals surface area contributed by atoms with Crippen molar-refractivity contribution in [2.45, 2.75) is 50.7 Å². The van der Waals surface area contributed by atoms with Crippen molar-refractivity contribution in [2.24, 2.45) is 0 Å². The lowest BCUT2D eigenvalue weighted by atomic mass is 9.88. The zero-order chi connectivity index (χ0) is 17.0. The third kappa shape index (κ3) is 3.63. The molecule has 3 rings (SSSR count). The minimum absolute atomic E-state index is 0.0296. The highest BCUT2D eigenvalue weighted by Gasteiger charge is 2.41. The van der Waals surface area contributed by atoms with Gasteiger partial charge in [-0.05, 0) is 32.3 Å². The number of hydrogen-bond donors (Lipinski definition) is 1. The SMILES string of the molecule is C[C@@H](OC1CCCCO1)[C@](O)(Cn1cncn1)c1ccccc1F. The van der Waals surface area contributed by atoms with E-state index in [9.17, 15) is 9.50 Å². The fraction of sp³-hybridized carbons (Fsp3) is 0.529. The molecule has 0 radical (unpaired) electrons. The van der Waals surface area contributed by atoms with Gasteiger partial charge in [-0.1, -0.05) is 18.2 Å². The van der Waals surface area contributed by atoms with Gasteiger partial charge in [-0.3, -0.25) is 0 Å². The number of aliphatic hydroxyl groups is 1. The summed E-state index contributed by atoms with van der Waals surface area (Å²) in [6, 6.07) is 6.17. The average Bonchev–Trinajstić information content (AvgIpc) is 3.08. The monoisotopic (exact) mass is 335 g/mol. The van der Waals surface area contributed by atoms with Crippen molar-refractivity contribution in [1.29, 1.82) is 0 Å². The van der Waals surface area contributed by atoms with Crippen LogP contribution in [0.4, 0.5) is 4.39 Å². The normalized spacial score (nSPS) is 22.0. The Labute approximate surface area is 140 Å². The molecule has 7 heteroatoms. The number of ether oxygens (including phenoxy) is 2. The Balaban J connectivity index is 1.87. The van der Waals surface area contributed by atoms with Crippen LogP contribution >= 0.6 is 0 Å². The largest absolute Gasteiger partial charge is 0.380 e. The van der Waals surface area contributed by atoms with Crippen LogP contribution in [-0.4, -0.2) is 38.9 Å². The summed E-state index contributed by atoms with van der Waals surface area (Å²) >= 11 is 0. The first-order valence-electron chi connectivity index (χ1n) is 8.16. The maximum Gasteiger partial charge on any atom is 0.158 e. The molecular formula is C17H22FN3O3. The highest BCUT2D eigenvalue weighted by molar-refractivity contribution is 5.25. The molecule has 0 bridgehead atoms. The van der Waals surface area contributed by atoms with Crippen molar-refractivity contribution in [3.05, 3.63) is 48.3 Å². The van der Waals surface area contributed by atoms with Crippen molar-refractivity contribution >= 4 is 0 Å². The summed E-state index contributed by atoms with van der Waals surface area (Å²) in [5, 5.41) is 15.3. The minimum atomic E-state index is -1.60. The van der Waals surface area contributed by atoms with Gasteiger partial charge < -0.3 is 14.6 Å². The molecule has 130 valence electrons. The molecule has 2 heterocycles. The lowest BCUT2D eigenvalue weighted by Gasteiger charge is -2.37. The second-order valence-corrected chi connectivity index (χ2v) is 6.07. The van der Waals surface area contributed by atoms with Crippen LogP contribution in [0.15, 0.2) is 36.9 Å². The molecule has 0 saturated carbocycles. The van der Waals surface area contributed by atoms with E-state index in [1.165, 1.54) is 23.4 Å². The fourth-order valence-corrected chi connectivity index (χ4v) is 2.97. The average molecular weight is 335 g/mol. The molecule has 1 fully saturated rings. The van der Waals surface area contributed by atoms with Gasteiger partial charge in [-0.15, -0.1) is 0 Å². The van der Waals surface area contributed by atoms with E-state index in [4.69, 9.17) is 9.47 Å². The molecule has 1 saturated heterocycles. The number of rotatable bonds is 6.